The van der Waals surface area contributed by atoms with Gasteiger partial charge < -0.3 is 19.4 Å². The van der Waals surface area contributed by atoms with Gasteiger partial charge in [-0.2, -0.15) is 0 Å². The number of carbonyl (C=O) groups excluding carboxylic acids is 2. The van der Waals surface area contributed by atoms with E-state index in [9.17, 15) is 9.59 Å². The van der Waals surface area contributed by atoms with Crippen molar-refractivity contribution in [3.8, 4) is 0 Å². The van der Waals surface area contributed by atoms with Crippen molar-refractivity contribution in [1.82, 2.24) is 10.2 Å². The lowest BCUT2D eigenvalue weighted by molar-refractivity contribution is 0.0667. The summed E-state index contributed by atoms with van der Waals surface area (Å²) in [7, 11) is 1.63. The van der Waals surface area contributed by atoms with Crippen molar-refractivity contribution >= 4 is 11.8 Å². The largest absolute Gasteiger partial charge is 0.459 e. The van der Waals surface area contributed by atoms with Crippen molar-refractivity contribution in [1.29, 1.82) is 0 Å². The van der Waals surface area contributed by atoms with Gasteiger partial charge in [-0.3, -0.25) is 9.59 Å². The molecule has 0 radical (unpaired) electrons. The average Bonchev–Trinajstić information content (AvgIpc) is 3.17. The lowest BCUT2D eigenvalue weighted by atomic mass is 10.0. The second-order valence-electron chi connectivity index (χ2n) is 6.15. The Balaban J connectivity index is 1.52. The first-order chi connectivity index (χ1) is 12.2. The summed E-state index contributed by atoms with van der Waals surface area (Å²) in [6.45, 7) is 1.69. The molecule has 1 aliphatic rings. The number of amides is 2. The van der Waals surface area contributed by atoms with Gasteiger partial charge in [-0.25, -0.2) is 0 Å². The molecule has 25 heavy (non-hydrogen) atoms. The first-order valence-electron chi connectivity index (χ1n) is 8.39. The number of benzene rings is 1. The Bertz CT molecular complexity index is 719. The summed E-state index contributed by atoms with van der Waals surface area (Å²) < 4.78 is 10.3. The number of rotatable bonds is 5. The van der Waals surface area contributed by atoms with Gasteiger partial charge in [-0.15, -0.1) is 0 Å². The first-order valence-corrected chi connectivity index (χ1v) is 8.39. The van der Waals surface area contributed by atoms with Crippen molar-refractivity contribution in [2.45, 2.75) is 25.5 Å². The number of hydrogen-bond acceptors (Lipinski definition) is 4. The number of carbonyl (C=O) groups is 2. The van der Waals surface area contributed by atoms with Crippen LogP contribution in [0.5, 0.6) is 0 Å². The number of furan rings is 1. The molecule has 132 valence electrons. The Morgan fingerprint density at radius 1 is 1.24 bits per heavy atom. The van der Waals surface area contributed by atoms with Crippen LogP contribution in [0.1, 0.15) is 39.3 Å². The lowest BCUT2D eigenvalue weighted by Gasteiger charge is -2.31. The fourth-order valence-corrected chi connectivity index (χ4v) is 3.02. The highest BCUT2D eigenvalue weighted by Crippen LogP contribution is 2.15. The fourth-order valence-electron chi connectivity index (χ4n) is 3.02. The van der Waals surface area contributed by atoms with Crippen molar-refractivity contribution in [2.75, 3.05) is 20.2 Å². The molecule has 6 nitrogen and oxygen atoms in total. The molecule has 1 aliphatic heterocycles. The molecular formula is C19H22N2O4. The van der Waals surface area contributed by atoms with Crippen LogP contribution in [0.4, 0.5) is 0 Å². The van der Waals surface area contributed by atoms with Crippen LogP contribution in [0.2, 0.25) is 0 Å². The van der Waals surface area contributed by atoms with Crippen molar-refractivity contribution in [3.63, 3.8) is 0 Å². The quantitative estimate of drug-likeness (QED) is 0.906. The maximum atomic E-state index is 12.4. The minimum atomic E-state index is -0.0953. The molecule has 0 aliphatic carbocycles. The summed E-state index contributed by atoms with van der Waals surface area (Å²) >= 11 is 0. The van der Waals surface area contributed by atoms with Crippen molar-refractivity contribution in [2.24, 2.45) is 0 Å². The molecule has 2 amide bonds. The normalized spacial score (nSPS) is 15.2. The Morgan fingerprint density at radius 3 is 2.72 bits per heavy atom. The van der Waals surface area contributed by atoms with Gasteiger partial charge in [0.15, 0.2) is 5.76 Å². The highest BCUT2D eigenvalue weighted by atomic mass is 16.5. The van der Waals surface area contributed by atoms with E-state index >= 15 is 0 Å². The lowest BCUT2D eigenvalue weighted by Crippen LogP contribution is -2.46. The highest BCUT2D eigenvalue weighted by molar-refractivity contribution is 5.94. The summed E-state index contributed by atoms with van der Waals surface area (Å²) in [6.07, 6.45) is 2.96. The van der Waals surface area contributed by atoms with Gasteiger partial charge in [0.1, 0.15) is 0 Å². The molecule has 3 rings (SSSR count). The van der Waals surface area contributed by atoms with Crippen LogP contribution in [0.25, 0.3) is 0 Å². The summed E-state index contributed by atoms with van der Waals surface area (Å²) in [6, 6.07) is 10.9. The van der Waals surface area contributed by atoms with Crippen LogP contribution in [-0.4, -0.2) is 43.0 Å². The predicted octanol–water partition coefficient (Wildman–Crippen LogP) is 2.46. The molecule has 0 unspecified atom stereocenters. The minimum absolute atomic E-state index is 0.0687. The Kier molecular flexibility index (Phi) is 5.50. The van der Waals surface area contributed by atoms with E-state index in [1.54, 1.807) is 30.2 Å². The van der Waals surface area contributed by atoms with E-state index < -0.39 is 0 Å². The predicted molar refractivity (Wildman–Crippen MR) is 92.3 cm³/mol. The van der Waals surface area contributed by atoms with Crippen LogP contribution in [0.15, 0.2) is 47.1 Å². The number of likely N-dealkylation sites (tertiary alicyclic amines) is 1. The van der Waals surface area contributed by atoms with E-state index in [2.05, 4.69) is 5.32 Å². The molecule has 1 saturated heterocycles. The third kappa shape index (κ3) is 4.28. The Hall–Kier alpha value is -2.60. The first kappa shape index (κ1) is 17.2. The maximum Gasteiger partial charge on any atom is 0.289 e. The second kappa shape index (κ2) is 7.98. The van der Waals surface area contributed by atoms with E-state index in [0.29, 0.717) is 31.0 Å². The van der Waals surface area contributed by atoms with Gasteiger partial charge in [-0.05, 0) is 42.7 Å². The van der Waals surface area contributed by atoms with E-state index in [0.717, 1.165) is 18.4 Å². The van der Waals surface area contributed by atoms with Crippen molar-refractivity contribution < 1.29 is 18.7 Å². The molecule has 1 aromatic heterocycles. The molecule has 6 heteroatoms. The van der Waals surface area contributed by atoms with Gasteiger partial charge in [0.05, 0.1) is 12.9 Å². The number of hydrogen-bond donors (Lipinski definition) is 1. The second-order valence-corrected chi connectivity index (χ2v) is 6.15. The zero-order valence-electron chi connectivity index (χ0n) is 14.2. The average molecular weight is 342 g/mol. The number of nitrogens with one attached hydrogen (secondary N) is 1. The molecular weight excluding hydrogens is 320 g/mol. The topological polar surface area (TPSA) is 71.8 Å². The Morgan fingerprint density at radius 2 is 2.04 bits per heavy atom. The van der Waals surface area contributed by atoms with Crippen LogP contribution in [0, 0.1) is 0 Å². The number of methoxy groups -OCH3 is 1. The van der Waals surface area contributed by atoms with E-state index in [4.69, 9.17) is 9.15 Å². The van der Waals surface area contributed by atoms with Gasteiger partial charge >= 0.3 is 0 Å². The molecule has 1 fully saturated rings. The number of ether oxygens (including phenoxy) is 1. The zero-order chi connectivity index (χ0) is 17.6. The summed E-state index contributed by atoms with van der Waals surface area (Å²) in [5.41, 5.74) is 1.60. The van der Waals surface area contributed by atoms with Gasteiger partial charge in [0, 0.05) is 31.8 Å². The maximum absolute atomic E-state index is 12.4. The monoisotopic (exact) mass is 342 g/mol. The van der Waals surface area contributed by atoms with E-state index in [-0.39, 0.29) is 17.9 Å². The minimum Gasteiger partial charge on any atom is -0.459 e. The van der Waals surface area contributed by atoms with Gasteiger partial charge in [-0.1, -0.05) is 12.1 Å². The fraction of sp³-hybridized carbons (Fsp3) is 0.368. The van der Waals surface area contributed by atoms with Gasteiger partial charge in [0.2, 0.25) is 0 Å². The van der Waals surface area contributed by atoms with E-state index in [1.165, 1.54) is 6.26 Å². The van der Waals surface area contributed by atoms with Crippen LogP contribution >= 0.6 is 0 Å². The molecule has 2 heterocycles. The third-order valence-electron chi connectivity index (χ3n) is 4.35. The third-order valence-corrected chi connectivity index (χ3v) is 4.35. The SMILES string of the molecule is COCc1cccc(C(=O)NC2CCN(C(=O)c3ccco3)CC2)c1. The van der Waals surface area contributed by atoms with Crippen LogP contribution in [-0.2, 0) is 11.3 Å². The van der Waals surface area contributed by atoms with Crippen LogP contribution in [0.3, 0.4) is 0 Å². The van der Waals surface area contributed by atoms with Crippen LogP contribution < -0.4 is 5.32 Å². The molecule has 2 aromatic rings. The van der Waals surface area contributed by atoms with Crippen molar-refractivity contribution in [3.05, 3.63) is 59.5 Å². The molecule has 1 aromatic carbocycles. The molecule has 0 atom stereocenters. The molecule has 1 N–H and O–H groups in total. The number of piperidine rings is 1. The smallest absolute Gasteiger partial charge is 0.289 e. The van der Waals surface area contributed by atoms with E-state index in [1.807, 2.05) is 18.2 Å². The molecule has 0 bridgehead atoms. The summed E-state index contributed by atoms with van der Waals surface area (Å²) in [5, 5.41) is 3.06. The number of nitrogens with zero attached hydrogens (tertiary/aromatic N) is 1. The highest BCUT2D eigenvalue weighted by Gasteiger charge is 2.26. The zero-order valence-corrected chi connectivity index (χ0v) is 14.2. The molecule has 0 saturated carbocycles. The Labute approximate surface area is 146 Å². The summed E-state index contributed by atoms with van der Waals surface area (Å²) in [5.74, 6) is 0.174. The molecule has 0 spiro atoms. The summed E-state index contributed by atoms with van der Waals surface area (Å²) in [4.78, 5) is 26.4. The standard InChI is InChI=1S/C19H22N2O4/c1-24-13-14-4-2-5-15(12-14)18(22)20-16-7-9-21(10-8-16)19(23)17-6-3-11-25-17/h2-6,11-12,16H,7-10,13H2,1H3,(H,20,22). The van der Waals surface area contributed by atoms with Gasteiger partial charge in [0.25, 0.3) is 11.8 Å².